The van der Waals surface area contributed by atoms with Crippen LogP contribution in [0.1, 0.15) is 22.3 Å². The Morgan fingerprint density at radius 1 is 0.933 bits per heavy atom. The number of aromatic nitrogens is 2. The summed E-state index contributed by atoms with van der Waals surface area (Å²) < 4.78 is 1.89. The van der Waals surface area contributed by atoms with Gasteiger partial charge in [0.15, 0.2) is 0 Å². The number of benzene rings is 3. The largest absolute Gasteiger partial charge is 0.321 e. The fourth-order valence-corrected chi connectivity index (χ4v) is 3.97. The van der Waals surface area contributed by atoms with Crippen LogP contribution in [0, 0.1) is 0 Å². The van der Waals surface area contributed by atoms with Gasteiger partial charge in [0.2, 0.25) is 0 Å². The molecule has 1 aliphatic rings. The van der Waals surface area contributed by atoms with Crippen molar-refractivity contribution in [2.45, 2.75) is 6.54 Å². The quantitative estimate of drug-likeness (QED) is 0.451. The predicted octanol–water partition coefficient (Wildman–Crippen LogP) is 5.50. The van der Waals surface area contributed by atoms with Crippen LogP contribution in [-0.2, 0) is 11.3 Å². The van der Waals surface area contributed by atoms with Crippen LogP contribution >= 0.6 is 11.6 Å². The van der Waals surface area contributed by atoms with Crippen LogP contribution < -0.4 is 5.32 Å². The van der Waals surface area contributed by atoms with Crippen LogP contribution in [-0.4, -0.2) is 15.7 Å². The smallest absolute Gasteiger partial charge is 0.257 e. The first-order valence-electron chi connectivity index (χ1n) is 9.67. The van der Waals surface area contributed by atoms with Gasteiger partial charge in [-0.25, -0.2) is 0 Å². The number of nitrogens with zero attached hydrogens (tertiary/aromatic N) is 2. The normalized spacial score (nSPS) is 14.4. The van der Waals surface area contributed by atoms with E-state index in [0.29, 0.717) is 17.1 Å². The number of halogens is 1. The fraction of sp³-hybridized carbons (Fsp3) is 0.0400. The van der Waals surface area contributed by atoms with E-state index in [0.717, 1.165) is 33.5 Å². The molecule has 1 aromatic heterocycles. The summed E-state index contributed by atoms with van der Waals surface area (Å²) in [5, 5.41) is 8.10. The third kappa shape index (κ3) is 3.42. The van der Waals surface area contributed by atoms with E-state index >= 15 is 0 Å². The molecule has 5 rings (SSSR count). The van der Waals surface area contributed by atoms with Gasteiger partial charge in [0.1, 0.15) is 0 Å². The van der Waals surface area contributed by atoms with Crippen LogP contribution in [0.4, 0.5) is 5.69 Å². The van der Waals surface area contributed by atoms with Gasteiger partial charge in [-0.05, 0) is 29.3 Å². The Hall–Kier alpha value is -3.63. The number of nitrogens with one attached hydrogen (secondary N) is 1. The minimum Gasteiger partial charge on any atom is -0.321 e. The van der Waals surface area contributed by atoms with Crippen molar-refractivity contribution in [1.29, 1.82) is 0 Å². The lowest BCUT2D eigenvalue weighted by atomic mass is 9.91. The standard InChI is InChI=1S/C25H18ClN3O/c26-20-11-12-22-21(13-20)24(25(30)28-22)23(18-9-5-2-6-10-18)19-14-27-29(16-19)15-17-7-3-1-4-8-17/h1-14,16H,15H2,(H,28,30)/b24-23+. The summed E-state index contributed by atoms with van der Waals surface area (Å²) in [6.07, 6.45) is 3.80. The zero-order valence-corrected chi connectivity index (χ0v) is 16.8. The molecule has 146 valence electrons. The summed E-state index contributed by atoms with van der Waals surface area (Å²) in [7, 11) is 0. The zero-order chi connectivity index (χ0) is 20.5. The molecule has 2 heterocycles. The summed E-state index contributed by atoms with van der Waals surface area (Å²) in [4.78, 5) is 13.0. The molecule has 1 amide bonds. The van der Waals surface area contributed by atoms with Crippen LogP contribution in [0.5, 0.6) is 0 Å². The Labute approximate surface area is 179 Å². The van der Waals surface area contributed by atoms with E-state index in [4.69, 9.17) is 11.6 Å². The second-order valence-electron chi connectivity index (χ2n) is 7.17. The van der Waals surface area contributed by atoms with Crippen LogP contribution in [0.2, 0.25) is 5.02 Å². The molecule has 0 atom stereocenters. The molecular weight excluding hydrogens is 394 g/mol. The molecule has 1 N–H and O–H groups in total. The molecule has 0 saturated carbocycles. The molecule has 3 aromatic carbocycles. The van der Waals surface area contributed by atoms with E-state index in [-0.39, 0.29) is 5.91 Å². The maximum Gasteiger partial charge on any atom is 0.257 e. The van der Waals surface area contributed by atoms with Crippen molar-refractivity contribution in [3.05, 3.63) is 119 Å². The minimum absolute atomic E-state index is 0.137. The molecule has 5 heteroatoms. The van der Waals surface area contributed by atoms with E-state index in [9.17, 15) is 4.79 Å². The highest BCUT2D eigenvalue weighted by molar-refractivity contribution is 6.39. The van der Waals surface area contributed by atoms with Gasteiger partial charge in [-0.3, -0.25) is 9.48 Å². The van der Waals surface area contributed by atoms with Crippen LogP contribution in [0.25, 0.3) is 11.1 Å². The second-order valence-corrected chi connectivity index (χ2v) is 7.61. The van der Waals surface area contributed by atoms with Crippen molar-refractivity contribution in [2.75, 3.05) is 5.32 Å². The lowest BCUT2D eigenvalue weighted by Gasteiger charge is -2.10. The Morgan fingerprint density at radius 3 is 2.43 bits per heavy atom. The number of rotatable bonds is 4. The molecular formula is C25H18ClN3O. The van der Waals surface area contributed by atoms with E-state index in [2.05, 4.69) is 22.5 Å². The van der Waals surface area contributed by atoms with Gasteiger partial charge in [0.05, 0.1) is 18.3 Å². The molecule has 0 spiro atoms. The summed E-state index contributed by atoms with van der Waals surface area (Å²) in [6.45, 7) is 0.660. The molecule has 0 bridgehead atoms. The van der Waals surface area contributed by atoms with Gasteiger partial charge in [-0.15, -0.1) is 0 Å². The maximum atomic E-state index is 13.0. The first kappa shape index (κ1) is 18.4. The van der Waals surface area contributed by atoms with Crippen molar-refractivity contribution in [2.24, 2.45) is 0 Å². The van der Waals surface area contributed by atoms with Crippen LogP contribution in [0.3, 0.4) is 0 Å². The van der Waals surface area contributed by atoms with Crippen molar-refractivity contribution >= 4 is 34.3 Å². The number of hydrogen-bond acceptors (Lipinski definition) is 2. The molecule has 0 unspecified atom stereocenters. The highest BCUT2D eigenvalue weighted by Gasteiger charge is 2.29. The fourth-order valence-electron chi connectivity index (χ4n) is 3.80. The van der Waals surface area contributed by atoms with Gasteiger partial charge >= 0.3 is 0 Å². The number of carbonyl (C=O) groups excluding carboxylic acids is 1. The number of carbonyl (C=O) groups is 1. The molecule has 1 aliphatic heterocycles. The average molecular weight is 412 g/mol. The van der Waals surface area contributed by atoms with Crippen molar-refractivity contribution in [3.63, 3.8) is 0 Å². The Morgan fingerprint density at radius 2 is 1.67 bits per heavy atom. The number of fused-ring (bicyclic) bond motifs is 1. The summed E-state index contributed by atoms with van der Waals surface area (Å²) >= 11 is 6.25. The van der Waals surface area contributed by atoms with Gasteiger partial charge < -0.3 is 5.32 Å². The molecule has 0 saturated heterocycles. The van der Waals surface area contributed by atoms with Crippen molar-refractivity contribution in [3.8, 4) is 0 Å². The highest BCUT2D eigenvalue weighted by Crippen LogP contribution is 2.40. The lowest BCUT2D eigenvalue weighted by molar-refractivity contribution is -0.110. The number of anilines is 1. The van der Waals surface area contributed by atoms with E-state index in [1.54, 1.807) is 6.07 Å². The Balaban J connectivity index is 1.66. The van der Waals surface area contributed by atoms with E-state index in [1.165, 1.54) is 0 Å². The topological polar surface area (TPSA) is 46.9 Å². The molecule has 0 radical (unpaired) electrons. The minimum atomic E-state index is -0.137. The van der Waals surface area contributed by atoms with Gasteiger partial charge in [-0.1, -0.05) is 72.3 Å². The maximum absolute atomic E-state index is 13.0. The second kappa shape index (κ2) is 7.65. The molecule has 4 aromatic rings. The van der Waals surface area contributed by atoms with Crippen LogP contribution in [0.15, 0.2) is 91.3 Å². The van der Waals surface area contributed by atoms with Gasteiger partial charge in [-0.2, -0.15) is 5.10 Å². The molecule has 0 fully saturated rings. The first-order valence-corrected chi connectivity index (χ1v) is 10.0. The number of hydrogen-bond donors (Lipinski definition) is 1. The number of amides is 1. The lowest BCUT2D eigenvalue weighted by Crippen LogP contribution is -2.06. The summed E-state index contributed by atoms with van der Waals surface area (Å²) in [5.41, 5.74) is 6.03. The average Bonchev–Trinajstić information content (AvgIpc) is 3.34. The van der Waals surface area contributed by atoms with Gasteiger partial charge in [0, 0.05) is 33.6 Å². The van der Waals surface area contributed by atoms with E-state index < -0.39 is 0 Å². The van der Waals surface area contributed by atoms with Gasteiger partial charge in [0.25, 0.3) is 5.91 Å². The zero-order valence-electron chi connectivity index (χ0n) is 16.0. The molecule has 0 aliphatic carbocycles. The Bertz CT molecular complexity index is 1260. The SMILES string of the molecule is O=C1Nc2ccc(Cl)cc2/C1=C(/c1ccccc1)c1cnn(Cc2ccccc2)c1. The molecule has 30 heavy (non-hydrogen) atoms. The third-order valence-corrected chi connectivity index (χ3v) is 5.38. The van der Waals surface area contributed by atoms with E-state index in [1.807, 2.05) is 77.7 Å². The first-order chi connectivity index (χ1) is 14.7. The highest BCUT2D eigenvalue weighted by atomic mass is 35.5. The third-order valence-electron chi connectivity index (χ3n) is 5.15. The summed E-state index contributed by atoms with van der Waals surface area (Å²) in [5.74, 6) is -0.137. The monoisotopic (exact) mass is 411 g/mol. The predicted molar refractivity (Wildman–Crippen MR) is 120 cm³/mol. The Kier molecular flexibility index (Phi) is 4.69. The summed E-state index contributed by atoms with van der Waals surface area (Å²) in [6, 6.07) is 25.5. The van der Waals surface area contributed by atoms with Crippen molar-refractivity contribution in [1.82, 2.24) is 9.78 Å². The molecule has 4 nitrogen and oxygen atoms in total. The van der Waals surface area contributed by atoms with Crippen molar-refractivity contribution < 1.29 is 4.79 Å².